The first-order chi connectivity index (χ1) is 9.45. The highest BCUT2D eigenvalue weighted by Gasteiger charge is 1.99. The summed E-state index contributed by atoms with van der Waals surface area (Å²) in [5.41, 5.74) is 2.02. The van der Waals surface area contributed by atoms with Crippen LogP contribution in [0.4, 0.5) is 0 Å². The molecular formula is C15H12N4. The quantitative estimate of drug-likeness (QED) is 0.486. The van der Waals surface area contributed by atoms with Crippen molar-refractivity contribution >= 4 is 21.8 Å². The van der Waals surface area contributed by atoms with Crippen LogP contribution >= 0.6 is 0 Å². The molecule has 0 atom stereocenters. The average molecular weight is 248 g/mol. The van der Waals surface area contributed by atoms with E-state index in [4.69, 9.17) is 0 Å². The van der Waals surface area contributed by atoms with E-state index in [1.165, 1.54) is 0 Å². The second-order valence-electron chi connectivity index (χ2n) is 3.98. The van der Waals surface area contributed by atoms with Gasteiger partial charge in [0.25, 0.3) is 0 Å². The van der Waals surface area contributed by atoms with Gasteiger partial charge in [-0.2, -0.15) is 5.10 Å². The van der Waals surface area contributed by atoms with Crippen molar-refractivity contribution in [3.05, 3.63) is 67.3 Å². The number of nitrogens with zero attached hydrogens (tertiary/aromatic N) is 3. The van der Waals surface area contributed by atoms with Crippen LogP contribution in [0.3, 0.4) is 0 Å². The number of nitrogens with one attached hydrogen (secondary N) is 1. The second kappa shape index (κ2) is 5.27. The van der Waals surface area contributed by atoms with Gasteiger partial charge in [0.05, 0.1) is 11.0 Å². The number of hydrogen-bond donors (Lipinski definition) is 1. The molecular weight excluding hydrogens is 236 g/mol. The SMILES string of the molecule is c1cn[nH]c1.c1cnc2c(c1)ccc1ncccc12. The predicted octanol–water partition coefficient (Wildman–Crippen LogP) is 3.19. The lowest BCUT2D eigenvalue weighted by Gasteiger charge is -2.00. The van der Waals surface area contributed by atoms with Crippen molar-refractivity contribution in [2.24, 2.45) is 0 Å². The van der Waals surface area contributed by atoms with E-state index in [1.54, 1.807) is 18.6 Å². The number of rotatable bonds is 0. The van der Waals surface area contributed by atoms with Crippen LogP contribution in [0.1, 0.15) is 0 Å². The fraction of sp³-hybridized carbons (Fsp3) is 0. The molecule has 0 unspecified atom stereocenters. The maximum absolute atomic E-state index is 4.37. The molecule has 0 saturated carbocycles. The molecule has 0 aliphatic rings. The summed E-state index contributed by atoms with van der Waals surface area (Å²) in [4.78, 5) is 8.66. The van der Waals surface area contributed by atoms with Crippen molar-refractivity contribution in [3.63, 3.8) is 0 Å². The Morgan fingerprint density at radius 3 is 2.47 bits per heavy atom. The van der Waals surface area contributed by atoms with Gasteiger partial charge in [-0.15, -0.1) is 0 Å². The number of H-pyrrole nitrogens is 1. The minimum Gasteiger partial charge on any atom is -0.286 e. The van der Waals surface area contributed by atoms with Gasteiger partial charge >= 0.3 is 0 Å². The smallest absolute Gasteiger partial charge is 0.0795 e. The average Bonchev–Trinajstić information content (AvgIpc) is 3.07. The molecule has 92 valence electrons. The largest absolute Gasteiger partial charge is 0.286 e. The van der Waals surface area contributed by atoms with Gasteiger partial charge in [0, 0.05) is 35.6 Å². The van der Waals surface area contributed by atoms with Crippen LogP contribution < -0.4 is 0 Å². The minimum absolute atomic E-state index is 0.999. The number of aromatic amines is 1. The van der Waals surface area contributed by atoms with Crippen LogP contribution in [0.25, 0.3) is 21.8 Å². The minimum atomic E-state index is 0.999. The standard InChI is InChI=1S/C12H8N2.C3H4N2/c1-3-9-5-6-11-10(4-2-7-13-11)12(9)14-8-1;1-2-4-5-3-1/h1-8H;1-3H,(H,4,5). The molecule has 3 heterocycles. The molecule has 0 saturated heterocycles. The summed E-state index contributed by atoms with van der Waals surface area (Å²) in [5.74, 6) is 0. The van der Waals surface area contributed by atoms with Crippen molar-refractivity contribution in [2.75, 3.05) is 0 Å². The van der Waals surface area contributed by atoms with Crippen LogP contribution in [-0.4, -0.2) is 20.2 Å². The van der Waals surface area contributed by atoms with Crippen LogP contribution in [0, 0.1) is 0 Å². The van der Waals surface area contributed by atoms with Crippen molar-refractivity contribution in [2.45, 2.75) is 0 Å². The molecule has 4 heteroatoms. The number of hydrogen-bond acceptors (Lipinski definition) is 3. The molecule has 4 aromatic rings. The van der Waals surface area contributed by atoms with Gasteiger partial charge in [-0.25, -0.2) is 0 Å². The van der Waals surface area contributed by atoms with Gasteiger partial charge in [-0.05, 0) is 30.3 Å². The van der Waals surface area contributed by atoms with Gasteiger partial charge in [0.1, 0.15) is 0 Å². The molecule has 4 nitrogen and oxygen atoms in total. The van der Waals surface area contributed by atoms with Crippen molar-refractivity contribution < 1.29 is 0 Å². The maximum atomic E-state index is 4.37. The highest BCUT2D eigenvalue weighted by atomic mass is 15.1. The van der Waals surface area contributed by atoms with Gasteiger partial charge < -0.3 is 0 Å². The van der Waals surface area contributed by atoms with E-state index in [0.717, 1.165) is 21.8 Å². The Bertz CT molecular complexity index is 706. The summed E-state index contributed by atoms with van der Waals surface area (Å²) < 4.78 is 0. The van der Waals surface area contributed by atoms with Gasteiger partial charge in [0.2, 0.25) is 0 Å². The van der Waals surface area contributed by atoms with E-state index in [2.05, 4.69) is 38.4 Å². The molecule has 0 aliphatic carbocycles. The number of benzene rings is 1. The van der Waals surface area contributed by atoms with Crippen LogP contribution in [0.2, 0.25) is 0 Å². The third-order valence-electron chi connectivity index (χ3n) is 2.76. The Morgan fingerprint density at radius 2 is 1.68 bits per heavy atom. The fourth-order valence-corrected chi connectivity index (χ4v) is 1.91. The topological polar surface area (TPSA) is 54.5 Å². The van der Waals surface area contributed by atoms with Crippen LogP contribution in [-0.2, 0) is 0 Å². The van der Waals surface area contributed by atoms with E-state index >= 15 is 0 Å². The fourth-order valence-electron chi connectivity index (χ4n) is 1.91. The second-order valence-corrected chi connectivity index (χ2v) is 3.98. The highest BCUT2D eigenvalue weighted by Crippen LogP contribution is 2.20. The van der Waals surface area contributed by atoms with Gasteiger partial charge in [0.15, 0.2) is 0 Å². The Morgan fingerprint density at radius 1 is 0.789 bits per heavy atom. The first-order valence-corrected chi connectivity index (χ1v) is 5.97. The van der Waals surface area contributed by atoms with Crippen LogP contribution in [0.5, 0.6) is 0 Å². The van der Waals surface area contributed by atoms with E-state index in [-0.39, 0.29) is 0 Å². The van der Waals surface area contributed by atoms with Crippen molar-refractivity contribution in [1.82, 2.24) is 20.2 Å². The third kappa shape index (κ3) is 2.42. The molecule has 0 bridgehead atoms. The number of pyridine rings is 2. The number of fused-ring (bicyclic) bond motifs is 3. The van der Waals surface area contributed by atoms with Gasteiger partial charge in [-0.3, -0.25) is 15.1 Å². The third-order valence-corrected chi connectivity index (χ3v) is 2.76. The summed E-state index contributed by atoms with van der Waals surface area (Å²) in [6.07, 6.45) is 7.08. The summed E-state index contributed by atoms with van der Waals surface area (Å²) >= 11 is 0. The monoisotopic (exact) mass is 248 g/mol. The van der Waals surface area contributed by atoms with E-state index in [9.17, 15) is 0 Å². The summed E-state index contributed by atoms with van der Waals surface area (Å²) in [6, 6.07) is 13.9. The summed E-state index contributed by atoms with van der Waals surface area (Å²) in [7, 11) is 0. The zero-order chi connectivity index (χ0) is 12.9. The van der Waals surface area contributed by atoms with Gasteiger partial charge in [-0.1, -0.05) is 12.1 Å². The Kier molecular flexibility index (Phi) is 3.14. The van der Waals surface area contributed by atoms with Crippen molar-refractivity contribution in [3.8, 4) is 0 Å². The first kappa shape index (κ1) is 11.3. The molecule has 0 radical (unpaired) electrons. The zero-order valence-electron chi connectivity index (χ0n) is 10.2. The highest BCUT2D eigenvalue weighted by molar-refractivity contribution is 6.03. The molecule has 0 fully saturated rings. The molecule has 4 rings (SSSR count). The zero-order valence-corrected chi connectivity index (χ0v) is 10.2. The lowest BCUT2D eigenvalue weighted by Crippen LogP contribution is -1.82. The molecule has 19 heavy (non-hydrogen) atoms. The predicted molar refractivity (Wildman–Crippen MR) is 75.6 cm³/mol. The van der Waals surface area contributed by atoms with E-state index in [1.807, 2.05) is 30.5 Å². The normalized spacial score (nSPS) is 10.1. The Balaban J connectivity index is 0.000000187. The summed E-state index contributed by atoms with van der Waals surface area (Å²) in [5, 5.41) is 8.48. The lowest BCUT2D eigenvalue weighted by molar-refractivity contribution is 1.09. The Hall–Kier alpha value is -2.75. The molecule has 3 aromatic heterocycles. The number of aromatic nitrogens is 4. The van der Waals surface area contributed by atoms with Crippen molar-refractivity contribution in [1.29, 1.82) is 0 Å². The first-order valence-electron chi connectivity index (χ1n) is 5.97. The van der Waals surface area contributed by atoms with E-state index in [0.29, 0.717) is 0 Å². The van der Waals surface area contributed by atoms with E-state index < -0.39 is 0 Å². The molecule has 1 N–H and O–H groups in total. The van der Waals surface area contributed by atoms with Crippen LogP contribution in [0.15, 0.2) is 67.3 Å². The molecule has 1 aromatic carbocycles. The Labute approximate surface area is 110 Å². The molecule has 0 amide bonds. The lowest BCUT2D eigenvalue weighted by atomic mass is 10.1. The molecule has 0 aliphatic heterocycles. The molecule has 0 spiro atoms. The maximum Gasteiger partial charge on any atom is 0.0795 e. The summed E-state index contributed by atoms with van der Waals surface area (Å²) in [6.45, 7) is 0.